The summed E-state index contributed by atoms with van der Waals surface area (Å²) in [5.74, 6) is 0. The van der Waals surface area contributed by atoms with Crippen LogP contribution in [0.4, 0.5) is 13.2 Å². The molecule has 1 N–H and O–H groups in total. The van der Waals surface area contributed by atoms with Crippen molar-refractivity contribution in [3.8, 4) is 17.3 Å². The van der Waals surface area contributed by atoms with Crippen molar-refractivity contribution in [2.45, 2.75) is 26.6 Å². The zero-order chi connectivity index (χ0) is 22.2. The number of halogens is 3. The van der Waals surface area contributed by atoms with Crippen molar-refractivity contribution in [3.05, 3.63) is 54.5 Å². The van der Waals surface area contributed by atoms with E-state index in [2.05, 4.69) is 26.0 Å². The van der Waals surface area contributed by atoms with Crippen molar-refractivity contribution in [2.24, 2.45) is 5.41 Å². The molecule has 9 heteroatoms. The van der Waals surface area contributed by atoms with Gasteiger partial charge in [0.15, 0.2) is 0 Å². The second kappa shape index (κ2) is 7.61. The largest absolute Gasteiger partial charge is 0.408 e. The summed E-state index contributed by atoms with van der Waals surface area (Å²) in [5, 5.41) is 14.0. The van der Waals surface area contributed by atoms with Crippen molar-refractivity contribution in [1.82, 2.24) is 24.6 Å². The standard InChI is InChI=1S/C22H21F3N6/c1-21(2,12-26)13-30-6-4-3-5-19(30)16-7-15-8-18(29-20(15)27-9-16)17-10-28-31(11-17)14-22(23,24)25/h3-5,7-11H,6,13-14H2,1-2H3,(H,27,29). The van der Waals surface area contributed by atoms with E-state index in [1.54, 1.807) is 6.20 Å². The summed E-state index contributed by atoms with van der Waals surface area (Å²) in [6.07, 6.45) is 6.20. The SMILES string of the molecule is CC(C)(C#N)CN1CC=CC=C1c1cnc2[nH]c(-c3cnn(CC(F)(F)F)c3)cc2c1. The molecule has 1 aliphatic heterocycles. The third-order valence-electron chi connectivity index (χ3n) is 5.00. The first-order chi connectivity index (χ1) is 14.6. The Labute approximate surface area is 177 Å². The fourth-order valence-corrected chi connectivity index (χ4v) is 3.58. The van der Waals surface area contributed by atoms with Gasteiger partial charge < -0.3 is 9.88 Å². The van der Waals surface area contributed by atoms with Gasteiger partial charge in [0.1, 0.15) is 12.2 Å². The van der Waals surface area contributed by atoms with Gasteiger partial charge in [-0.1, -0.05) is 12.2 Å². The predicted octanol–water partition coefficient (Wildman–Crippen LogP) is 4.75. The maximum absolute atomic E-state index is 12.6. The fourth-order valence-electron chi connectivity index (χ4n) is 3.58. The molecule has 0 atom stereocenters. The smallest absolute Gasteiger partial charge is 0.366 e. The molecule has 0 aliphatic carbocycles. The van der Waals surface area contributed by atoms with Crippen molar-refractivity contribution in [3.63, 3.8) is 0 Å². The third-order valence-corrected chi connectivity index (χ3v) is 5.00. The van der Waals surface area contributed by atoms with Gasteiger partial charge in [-0.25, -0.2) is 4.98 Å². The molecule has 0 aromatic carbocycles. The van der Waals surface area contributed by atoms with E-state index >= 15 is 0 Å². The molecule has 0 saturated heterocycles. The van der Waals surface area contributed by atoms with Crippen LogP contribution in [0.1, 0.15) is 19.4 Å². The zero-order valence-electron chi connectivity index (χ0n) is 17.1. The molecule has 0 fully saturated rings. The average molecular weight is 426 g/mol. The Balaban J connectivity index is 1.63. The monoisotopic (exact) mass is 426 g/mol. The van der Waals surface area contributed by atoms with Crippen LogP contribution < -0.4 is 0 Å². The van der Waals surface area contributed by atoms with Crippen molar-refractivity contribution in [2.75, 3.05) is 13.1 Å². The number of pyridine rings is 1. The number of aromatic amines is 1. The van der Waals surface area contributed by atoms with E-state index in [1.165, 1.54) is 12.4 Å². The Morgan fingerprint density at radius 1 is 1.16 bits per heavy atom. The maximum atomic E-state index is 12.6. The van der Waals surface area contributed by atoms with Gasteiger partial charge in [0.25, 0.3) is 0 Å². The molecule has 3 aromatic heterocycles. The minimum atomic E-state index is -4.33. The van der Waals surface area contributed by atoms with E-state index in [1.807, 2.05) is 44.2 Å². The Kier molecular flexibility index (Phi) is 5.09. The number of aromatic nitrogens is 4. The lowest BCUT2D eigenvalue weighted by Gasteiger charge is -2.32. The quantitative estimate of drug-likeness (QED) is 0.639. The van der Waals surface area contributed by atoms with Crippen LogP contribution in [-0.4, -0.2) is 43.9 Å². The first kappa shape index (κ1) is 20.7. The van der Waals surface area contributed by atoms with Crippen LogP contribution >= 0.6 is 0 Å². The molecule has 160 valence electrons. The lowest BCUT2D eigenvalue weighted by Crippen LogP contribution is -2.33. The Hall–Kier alpha value is -3.54. The topological polar surface area (TPSA) is 73.5 Å². The molecule has 0 bridgehead atoms. The lowest BCUT2D eigenvalue weighted by molar-refractivity contribution is -0.142. The zero-order valence-corrected chi connectivity index (χ0v) is 17.1. The average Bonchev–Trinajstić information content (AvgIpc) is 3.33. The highest BCUT2D eigenvalue weighted by Gasteiger charge is 2.28. The highest BCUT2D eigenvalue weighted by atomic mass is 19.4. The molecule has 6 nitrogen and oxygen atoms in total. The molecule has 4 rings (SSSR count). The maximum Gasteiger partial charge on any atom is 0.408 e. The van der Waals surface area contributed by atoms with Gasteiger partial charge in [0.2, 0.25) is 0 Å². The number of H-pyrrole nitrogens is 1. The van der Waals surface area contributed by atoms with Crippen molar-refractivity contribution < 1.29 is 13.2 Å². The van der Waals surface area contributed by atoms with Crippen LogP contribution in [0.15, 0.2) is 49.0 Å². The summed E-state index contributed by atoms with van der Waals surface area (Å²) < 4.78 is 38.6. The molecule has 0 radical (unpaired) electrons. The number of hydrogen-bond acceptors (Lipinski definition) is 4. The number of allylic oxidation sites excluding steroid dienone is 2. The van der Waals surface area contributed by atoms with Crippen LogP contribution in [0.3, 0.4) is 0 Å². The summed E-state index contributed by atoms with van der Waals surface area (Å²) in [6, 6.07) is 6.17. The van der Waals surface area contributed by atoms with E-state index in [-0.39, 0.29) is 0 Å². The molecule has 0 spiro atoms. The Bertz CT molecular complexity index is 1210. The van der Waals surface area contributed by atoms with Gasteiger partial charge in [-0.15, -0.1) is 0 Å². The molecular formula is C22H21F3N6. The van der Waals surface area contributed by atoms with Crippen LogP contribution in [-0.2, 0) is 6.54 Å². The Morgan fingerprint density at radius 3 is 2.71 bits per heavy atom. The lowest BCUT2D eigenvalue weighted by atomic mass is 9.94. The van der Waals surface area contributed by atoms with E-state index < -0.39 is 18.1 Å². The molecular weight excluding hydrogens is 405 g/mol. The third kappa shape index (κ3) is 4.63. The predicted molar refractivity (Wildman–Crippen MR) is 111 cm³/mol. The number of hydrogen-bond donors (Lipinski definition) is 1. The highest BCUT2D eigenvalue weighted by Crippen LogP contribution is 2.30. The number of fused-ring (bicyclic) bond motifs is 1. The summed E-state index contributed by atoms with van der Waals surface area (Å²) >= 11 is 0. The van der Waals surface area contributed by atoms with E-state index in [0.717, 1.165) is 21.3 Å². The van der Waals surface area contributed by atoms with Gasteiger partial charge in [0.05, 0.1) is 23.4 Å². The van der Waals surface area contributed by atoms with Gasteiger partial charge in [-0.2, -0.15) is 23.5 Å². The van der Waals surface area contributed by atoms with Gasteiger partial charge >= 0.3 is 6.18 Å². The van der Waals surface area contributed by atoms with Gasteiger partial charge in [-0.3, -0.25) is 4.68 Å². The minimum Gasteiger partial charge on any atom is -0.366 e. The van der Waals surface area contributed by atoms with Crippen molar-refractivity contribution >= 4 is 16.7 Å². The second-order valence-corrected chi connectivity index (χ2v) is 8.24. The molecule has 0 saturated carbocycles. The molecule has 3 aromatic rings. The highest BCUT2D eigenvalue weighted by molar-refractivity contribution is 5.85. The number of nitriles is 1. The molecule has 1 aliphatic rings. The number of nitrogens with zero attached hydrogens (tertiary/aromatic N) is 5. The molecule has 4 heterocycles. The first-order valence-electron chi connectivity index (χ1n) is 9.75. The van der Waals surface area contributed by atoms with Gasteiger partial charge in [0, 0.05) is 47.7 Å². The summed E-state index contributed by atoms with van der Waals surface area (Å²) in [5.41, 5.74) is 3.22. The van der Waals surface area contributed by atoms with Crippen LogP contribution in [0, 0.1) is 16.7 Å². The number of nitrogens with one attached hydrogen (secondary N) is 1. The minimum absolute atomic E-state index is 0.500. The van der Waals surface area contributed by atoms with Crippen LogP contribution in [0.25, 0.3) is 28.0 Å². The van der Waals surface area contributed by atoms with Crippen LogP contribution in [0.2, 0.25) is 0 Å². The van der Waals surface area contributed by atoms with Crippen LogP contribution in [0.5, 0.6) is 0 Å². The van der Waals surface area contributed by atoms with E-state index in [0.29, 0.717) is 30.0 Å². The normalized spacial score (nSPS) is 14.7. The van der Waals surface area contributed by atoms with Gasteiger partial charge in [-0.05, 0) is 32.1 Å². The van der Waals surface area contributed by atoms with E-state index in [9.17, 15) is 18.4 Å². The molecule has 0 unspecified atom stereocenters. The molecule has 31 heavy (non-hydrogen) atoms. The van der Waals surface area contributed by atoms with Crippen molar-refractivity contribution in [1.29, 1.82) is 5.26 Å². The number of rotatable bonds is 5. The summed E-state index contributed by atoms with van der Waals surface area (Å²) in [6.45, 7) is 3.95. The first-order valence-corrected chi connectivity index (χ1v) is 9.75. The van der Waals surface area contributed by atoms with E-state index in [4.69, 9.17) is 0 Å². The number of alkyl halides is 3. The molecule has 0 amide bonds. The summed E-state index contributed by atoms with van der Waals surface area (Å²) in [4.78, 5) is 9.78. The fraction of sp³-hybridized carbons (Fsp3) is 0.318. The Morgan fingerprint density at radius 2 is 1.97 bits per heavy atom. The second-order valence-electron chi connectivity index (χ2n) is 8.24. The summed E-state index contributed by atoms with van der Waals surface area (Å²) in [7, 11) is 0.